The average Bonchev–Trinajstić information content (AvgIpc) is 3.07. The molecule has 134 valence electrons. The molecule has 0 saturated carbocycles. The monoisotopic (exact) mass is 370 g/mol. The third-order valence-electron chi connectivity index (χ3n) is 3.58. The second-order valence-corrected chi connectivity index (χ2v) is 6.19. The maximum absolute atomic E-state index is 12.3. The molecule has 1 amide bonds. The van der Waals surface area contributed by atoms with Gasteiger partial charge in [-0.3, -0.25) is 4.79 Å². The summed E-state index contributed by atoms with van der Waals surface area (Å²) in [6.45, 7) is 3.24. The molecule has 0 unspecified atom stereocenters. The van der Waals surface area contributed by atoms with E-state index < -0.39 is 0 Å². The molecule has 2 heterocycles. The van der Waals surface area contributed by atoms with Crippen LogP contribution in [0.4, 0.5) is 5.82 Å². The summed E-state index contributed by atoms with van der Waals surface area (Å²) in [5.41, 5.74) is 1.50. The van der Waals surface area contributed by atoms with E-state index in [9.17, 15) is 4.79 Å². The van der Waals surface area contributed by atoms with Crippen molar-refractivity contribution in [3.63, 3.8) is 0 Å². The molecule has 6 nitrogen and oxygen atoms in total. The summed E-state index contributed by atoms with van der Waals surface area (Å²) >= 11 is 6.00. The fourth-order valence-electron chi connectivity index (χ4n) is 2.35. The van der Waals surface area contributed by atoms with Gasteiger partial charge >= 0.3 is 0 Å². The first kappa shape index (κ1) is 17.9. The van der Waals surface area contributed by atoms with Gasteiger partial charge in [0, 0.05) is 30.0 Å². The summed E-state index contributed by atoms with van der Waals surface area (Å²) in [6, 6.07) is 11.0. The number of carbonyl (C=O) groups excluding carboxylic acids is 1. The molecule has 0 radical (unpaired) electrons. The van der Waals surface area contributed by atoms with Gasteiger partial charge < -0.3 is 14.6 Å². The predicted octanol–water partition coefficient (Wildman–Crippen LogP) is 4.02. The first-order chi connectivity index (χ1) is 12.6. The van der Waals surface area contributed by atoms with Crippen molar-refractivity contribution in [1.29, 1.82) is 0 Å². The average molecular weight is 371 g/mol. The van der Waals surface area contributed by atoms with Crippen LogP contribution in [-0.4, -0.2) is 27.0 Å². The summed E-state index contributed by atoms with van der Waals surface area (Å²) in [4.78, 5) is 20.6. The molecule has 1 aromatic carbocycles. The Balaban J connectivity index is 1.60. The van der Waals surface area contributed by atoms with Gasteiger partial charge in [0.2, 0.25) is 5.88 Å². The number of benzene rings is 1. The van der Waals surface area contributed by atoms with Crippen molar-refractivity contribution in [1.82, 2.24) is 14.5 Å². The van der Waals surface area contributed by atoms with Gasteiger partial charge in [-0.1, -0.05) is 30.7 Å². The molecule has 0 fully saturated rings. The largest absolute Gasteiger partial charge is 0.478 e. The van der Waals surface area contributed by atoms with Gasteiger partial charge in [-0.05, 0) is 30.2 Å². The van der Waals surface area contributed by atoms with Crippen LogP contribution in [0.5, 0.6) is 5.88 Å². The Labute approximate surface area is 156 Å². The Hall–Kier alpha value is -2.86. The molecule has 0 spiro atoms. The van der Waals surface area contributed by atoms with Crippen molar-refractivity contribution < 1.29 is 9.53 Å². The number of anilines is 1. The van der Waals surface area contributed by atoms with Crippen molar-refractivity contribution in [3.05, 3.63) is 71.3 Å². The van der Waals surface area contributed by atoms with Crippen molar-refractivity contribution in [2.24, 2.45) is 0 Å². The molecule has 3 aromatic rings. The number of halogens is 1. The fraction of sp³-hybridized carbons (Fsp3) is 0.211. The van der Waals surface area contributed by atoms with Gasteiger partial charge in [0.25, 0.3) is 5.91 Å². The third-order valence-corrected chi connectivity index (χ3v) is 3.82. The number of hydrogen-bond acceptors (Lipinski definition) is 4. The summed E-state index contributed by atoms with van der Waals surface area (Å²) in [5.74, 6) is 0.713. The smallest absolute Gasteiger partial charge is 0.258 e. The van der Waals surface area contributed by atoms with Crippen LogP contribution in [0.2, 0.25) is 5.02 Å². The highest BCUT2D eigenvalue weighted by Crippen LogP contribution is 2.14. The Morgan fingerprint density at radius 2 is 2.15 bits per heavy atom. The number of amides is 1. The van der Waals surface area contributed by atoms with E-state index >= 15 is 0 Å². The van der Waals surface area contributed by atoms with Gasteiger partial charge in [0.1, 0.15) is 0 Å². The highest BCUT2D eigenvalue weighted by atomic mass is 35.5. The van der Waals surface area contributed by atoms with Gasteiger partial charge in [-0.15, -0.1) is 0 Å². The molecule has 0 bridgehead atoms. The van der Waals surface area contributed by atoms with E-state index in [4.69, 9.17) is 16.3 Å². The zero-order chi connectivity index (χ0) is 18.4. The van der Waals surface area contributed by atoms with Gasteiger partial charge in [-0.25, -0.2) is 9.97 Å². The van der Waals surface area contributed by atoms with E-state index in [2.05, 4.69) is 15.3 Å². The Bertz CT molecular complexity index is 877. The van der Waals surface area contributed by atoms with E-state index in [-0.39, 0.29) is 5.91 Å². The Kier molecular flexibility index (Phi) is 5.86. The SMILES string of the molecule is CCCOc1ccc(C(=O)Nc2cn(Cc3cccc(Cl)c3)cn2)cn1. The topological polar surface area (TPSA) is 69.0 Å². The van der Waals surface area contributed by atoms with Gasteiger partial charge in [0.05, 0.1) is 18.5 Å². The highest BCUT2D eigenvalue weighted by Gasteiger charge is 2.09. The number of aromatic nitrogens is 3. The number of carbonyl (C=O) groups is 1. The summed E-state index contributed by atoms with van der Waals surface area (Å²) < 4.78 is 7.28. The molecule has 0 saturated heterocycles. The van der Waals surface area contributed by atoms with Crippen LogP contribution >= 0.6 is 11.6 Å². The molecule has 0 aliphatic rings. The van der Waals surface area contributed by atoms with Crippen LogP contribution in [-0.2, 0) is 6.54 Å². The Morgan fingerprint density at radius 1 is 1.27 bits per heavy atom. The third kappa shape index (κ3) is 4.83. The minimum atomic E-state index is -0.271. The second-order valence-electron chi connectivity index (χ2n) is 5.75. The summed E-state index contributed by atoms with van der Waals surface area (Å²) in [5, 5.41) is 3.45. The zero-order valence-electron chi connectivity index (χ0n) is 14.4. The Morgan fingerprint density at radius 3 is 2.88 bits per heavy atom. The normalized spacial score (nSPS) is 10.5. The maximum Gasteiger partial charge on any atom is 0.258 e. The lowest BCUT2D eigenvalue weighted by Gasteiger charge is -2.05. The molecule has 0 atom stereocenters. The molecule has 26 heavy (non-hydrogen) atoms. The number of pyridine rings is 1. The first-order valence-corrected chi connectivity index (χ1v) is 8.68. The molecular weight excluding hydrogens is 352 g/mol. The van der Waals surface area contributed by atoms with Gasteiger partial charge in [0.15, 0.2) is 5.82 Å². The van der Waals surface area contributed by atoms with Crippen LogP contribution in [0.15, 0.2) is 55.1 Å². The van der Waals surface area contributed by atoms with E-state index in [0.717, 1.165) is 12.0 Å². The molecule has 0 aliphatic carbocycles. The number of rotatable bonds is 7. The first-order valence-electron chi connectivity index (χ1n) is 8.30. The molecular formula is C19H19ClN4O2. The number of nitrogens with zero attached hydrogens (tertiary/aromatic N) is 3. The number of ether oxygens (including phenoxy) is 1. The van der Waals surface area contributed by atoms with E-state index in [1.807, 2.05) is 35.8 Å². The lowest BCUT2D eigenvalue weighted by molar-refractivity contribution is 0.102. The van der Waals surface area contributed by atoms with E-state index in [1.54, 1.807) is 24.7 Å². The van der Waals surface area contributed by atoms with E-state index in [1.165, 1.54) is 6.20 Å². The van der Waals surface area contributed by atoms with Crippen LogP contribution in [0, 0.1) is 0 Å². The minimum Gasteiger partial charge on any atom is -0.478 e. The lowest BCUT2D eigenvalue weighted by Crippen LogP contribution is -2.12. The standard InChI is InChI=1S/C19H19ClN4O2/c1-2-8-26-18-7-6-15(10-21-18)19(25)23-17-12-24(13-22-17)11-14-4-3-5-16(20)9-14/h3-7,9-10,12-13H,2,8,11H2,1H3,(H,23,25). The molecule has 7 heteroatoms. The quantitative estimate of drug-likeness (QED) is 0.682. The molecule has 3 rings (SSSR count). The molecule has 1 N–H and O–H groups in total. The van der Waals surface area contributed by atoms with Crippen molar-refractivity contribution in [2.75, 3.05) is 11.9 Å². The number of imidazole rings is 1. The van der Waals surface area contributed by atoms with Crippen LogP contribution in [0.25, 0.3) is 0 Å². The van der Waals surface area contributed by atoms with Crippen LogP contribution in [0.1, 0.15) is 29.3 Å². The zero-order valence-corrected chi connectivity index (χ0v) is 15.1. The van der Waals surface area contributed by atoms with Crippen molar-refractivity contribution in [2.45, 2.75) is 19.9 Å². The minimum absolute atomic E-state index is 0.271. The fourth-order valence-corrected chi connectivity index (χ4v) is 2.57. The van der Waals surface area contributed by atoms with Crippen molar-refractivity contribution >= 4 is 23.3 Å². The predicted molar refractivity (Wildman–Crippen MR) is 101 cm³/mol. The van der Waals surface area contributed by atoms with Crippen LogP contribution < -0.4 is 10.1 Å². The number of nitrogens with one attached hydrogen (secondary N) is 1. The maximum atomic E-state index is 12.3. The van der Waals surface area contributed by atoms with E-state index in [0.29, 0.717) is 35.4 Å². The highest BCUT2D eigenvalue weighted by molar-refractivity contribution is 6.30. The molecule has 0 aliphatic heterocycles. The lowest BCUT2D eigenvalue weighted by atomic mass is 10.2. The van der Waals surface area contributed by atoms with Crippen LogP contribution in [0.3, 0.4) is 0 Å². The molecule has 2 aromatic heterocycles. The van der Waals surface area contributed by atoms with Crippen molar-refractivity contribution in [3.8, 4) is 5.88 Å². The summed E-state index contributed by atoms with van der Waals surface area (Å²) in [6.07, 6.45) is 5.83. The second kappa shape index (κ2) is 8.49. The number of hydrogen-bond donors (Lipinski definition) is 1. The van der Waals surface area contributed by atoms with Gasteiger partial charge in [-0.2, -0.15) is 0 Å². The summed E-state index contributed by atoms with van der Waals surface area (Å²) in [7, 11) is 0.